The molecule has 1 fully saturated rings. The van der Waals surface area contributed by atoms with Crippen LogP contribution in [0.3, 0.4) is 0 Å². The van der Waals surface area contributed by atoms with Crippen LogP contribution in [0.25, 0.3) is 0 Å². The maximum Gasteiger partial charge on any atom is 0.228 e. The first-order valence-electron chi connectivity index (χ1n) is 9.16. The van der Waals surface area contributed by atoms with Crippen LogP contribution in [0.15, 0.2) is 42.5 Å². The highest BCUT2D eigenvalue weighted by atomic mass is 19.1. The first-order valence-corrected chi connectivity index (χ1v) is 9.16. The number of amides is 1. The molecule has 1 saturated heterocycles. The number of phenolic OH excluding ortho intramolecular Hbond substituents is 1. The van der Waals surface area contributed by atoms with E-state index in [9.17, 15) is 14.3 Å². The first kappa shape index (κ1) is 19.3. The van der Waals surface area contributed by atoms with Gasteiger partial charge in [0.1, 0.15) is 0 Å². The Morgan fingerprint density at radius 2 is 2.11 bits per heavy atom. The fraction of sp³-hybridized carbons (Fsp3) is 0.381. The number of carbonyl (C=O) groups is 1. The predicted molar refractivity (Wildman–Crippen MR) is 100 cm³/mol. The Hall–Kier alpha value is -2.44. The fourth-order valence-corrected chi connectivity index (χ4v) is 3.07. The zero-order valence-corrected chi connectivity index (χ0v) is 15.1. The Labute approximate surface area is 158 Å². The molecule has 0 saturated carbocycles. The fourth-order valence-electron chi connectivity index (χ4n) is 3.07. The van der Waals surface area contributed by atoms with E-state index in [1.807, 2.05) is 18.2 Å². The molecule has 1 atom stereocenters. The molecule has 0 aliphatic carbocycles. The summed E-state index contributed by atoms with van der Waals surface area (Å²) in [5, 5.41) is 12.1. The molecule has 0 radical (unpaired) electrons. The number of halogens is 1. The van der Waals surface area contributed by atoms with E-state index in [2.05, 4.69) is 5.32 Å². The molecule has 0 bridgehead atoms. The number of rotatable bonds is 7. The van der Waals surface area contributed by atoms with Crippen LogP contribution in [0.1, 0.15) is 30.4 Å². The van der Waals surface area contributed by atoms with E-state index >= 15 is 0 Å². The molecule has 0 spiro atoms. The summed E-state index contributed by atoms with van der Waals surface area (Å²) in [7, 11) is 0. The third-order valence-corrected chi connectivity index (χ3v) is 4.47. The molecule has 144 valence electrons. The molecule has 5 nitrogen and oxygen atoms in total. The van der Waals surface area contributed by atoms with Crippen molar-refractivity contribution in [1.82, 2.24) is 0 Å². The number of benzene rings is 2. The Morgan fingerprint density at radius 3 is 2.93 bits per heavy atom. The Bertz CT molecular complexity index is 775. The minimum atomic E-state index is -0.764. The van der Waals surface area contributed by atoms with Gasteiger partial charge in [-0.3, -0.25) is 4.79 Å². The van der Waals surface area contributed by atoms with Gasteiger partial charge in [-0.2, -0.15) is 0 Å². The van der Waals surface area contributed by atoms with E-state index in [0.29, 0.717) is 18.9 Å². The van der Waals surface area contributed by atoms with E-state index in [1.54, 1.807) is 6.07 Å². The summed E-state index contributed by atoms with van der Waals surface area (Å²) < 4.78 is 25.2. The number of hydrogen-bond acceptors (Lipinski definition) is 4. The van der Waals surface area contributed by atoms with E-state index in [1.165, 1.54) is 24.6 Å². The van der Waals surface area contributed by atoms with Gasteiger partial charge in [0, 0.05) is 17.9 Å². The Balaban J connectivity index is 1.50. The molecule has 27 heavy (non-hydrogen) atoms. The largest absolute Gasteiger partial charge is 0.505 e. The van der Waals surface area contributed by atoms with Crippen LogP contribution in [0.5, 0.6) is 5.75 Å². The number of phenols is 1. The van der Waals surface area contributed by atoms with Gasteiger partial charge in [0.05, 0.1) is 25.7 Å². The molecular formula is C21H24FNO4. The highest BCUT2D eigenvalue weighted by Gasteiger charge is 2.14. The average molecular weight is 373 g/mol. The van der Waals surface area contributed by atoms with Crippen molar-refractivity contribution in [3.63, 3.8) is 0 Å². The van der Waals surface area contributed by atoms with Crippen LogP contribution in [-0.4, -0.2) is 30.3 Å². The normalized spacial score (nSPS) is 16.9. The summed E-state index contributed by atoms with van der Waals surface area (Å²) in [6.45, 7) is 1.80. The van der Waals surface area contributed by atoms with Crippen molar-refractivity contribution < 1.29 is 23.8 Å². The summed E-state index contributed by atoms with van der Waals surface area (Å²) in [6, 6.07) is 11.6. The molecule has 1 aliphatic heterocycles. The molecular weight excluding hydrogens is 349 g/mol. The van der Waals surface area contributed by atoms with Gasteiger partial charge in [0.25, 0.3) is 0 Å². The second kappa shape index (κ2) is 9.48. The van der Waals surface area contributed by atoms with Crippen LogP contribution in [0, 0.1) is 5.82 Å². The molecule has 6 heteroatoms. The number of carbonyl (C=O) groups excluding carboxylic acids is 1. The van der Waals surface area contributed by atoms with E-state index in [0.717, 1.165) is 25.0 Å². The zero-order valence-electron chi connectivity index (χ0n) is 15.1. The number of hydrogen-bond donors (Lipinski definition) is 2. The monoisotopic (exact) mass is 373 g/mol. The van der Waals surface area contributed by atoms with Gasteiger partial charge in [-0.25, -0.2) is 4.39 Å². The van der Waals surface area contributed by atoms with Gasteiger partial charge < -0.3 is 19.9 Å². The van der Waals surface area contributed by atoms with Gasteiger partial charge in [0.2, 0.25) is 5.91 Å². The van der Waals surface area contributed by atoms with Crippen LogP contribution in [0.4, 0.5) is 10.1 Å². The lowest BCUT2D eigenvalue weighted by atomic mass is 10.1. The summed E-state index contributed by atoms with van der Waals surface area (Å²) in [4.78, 5) is 12.2. The van der Waals surface area contributed by atoms with Crippen molar-refractivity contribution >= 4 is 11.6 Å². The molecule has 0 unspecified atom stereocenters. The minimum Gasteiger partial charge on any atom is -0.505 e. The predicted octanol–water partition coefficient (Wildman–Crippen LogP) is 3.80. The highest BCUT2D eigenvalue weighted by molar-refractivity contribution is 5.92. The second-order valence-corrected chi connectivity index (χ2v) is 6.68. The number of anilines is 1. The van der Waals surface area contributed by atoms with Crippen LogP contribution in [-0.2, 0) is 27.3 Å². The molecule has 2 aromatic rings. The third-order valence-electron chi connectivity index (χ3n) is 4.47. The van der Waals surface area contributed by atoms with Crippen molar-refractivity contribution in [2.24, 2.45) is 0 Å². The lowest BCUT2D eigenvalue weighted by Gasteiger charge is -2.22. The summed E-state index contributed by atoms with van der Waals surface area (Å²) in [5.41, 5.74) is 1.71. The van der Waals surface area contributed by atoms with Crippen LogP contribution in [0.2, 0.25) is 0 Å². The summed E-state index contributed by atoms with van der Waals surface area (Å²) in [5.74, 6) is -1.57. The SMILES string of the molecule is O=C(Cc1cccc(O)c1F)Nc1cccc(COC[C@H]2CCCCO2)c1. The van der Waals surface area contributed by atoms with Crippen molar-refractivity contribution in [3.05, 3.63) is 59.4 Å². The van der Waals surface area contributed by atoms with Gasteiger partial charge in [0.15, 0.2) is 11.6 Å². The Morgan fingerprint density at radius 1 is 1.26 bits per heavy atom. The topological polar surface area (TPSA) is 67.8 Å². The van der Waals surface area contributed by atoms with E-state index < -0.39 is 11.6 Å². The van der Waals surface area contributed by atoms with Crippen molar-refractivity contribution in [2.75, 3.05) is 18.5 Å². The van der Waals surface area contributed by atoms with Crippen LogP contribution < -0.4 is 5.32 Å². The second-order valence-electron chi connectivity index (χ2n) is 6.68. The average Bonchev–Trinajstić information content (AvgIpc) is 2.67. The molecule has 1 aliphatic rings. The maximum atomic E-state index is 13.8. The number of ether oxygens (including phenoxy) is 2. The van der Waals surface area contributed by atoms with Gasteiger partial charge in [-0.15, -0.1) is 0 Å². The first-order chi connectivity index (χ1) is 13.1. The summed E-state index contributed by atoms with van der Waals surface area (Å²) in [6.07, 6.45) is 3.33. The lowest BCUT2D eigenvalue weighted by Crippen LogP contribution is -2.24. The van der Waals surface area contributed by atoms with Gasteiger partial charge >= 0.3 is 0 Å². The number of aromatic hydroxyl groups is 1. The lowest BCUT2D eigenvalue weighted by molar-refractivity contribution is -0.115. The minimum absolute atomic E-state index is 0.152. The third kappa shape index (κ3) is 5.77. The molecule has 2 aromatic carbocycles. The van der Waals surface area contributed by atoms with Crippen LogP contribution >= 0.6 is 0 Å². The van der Waals surface area contributed by atoms with Gasteiger partial charge in [-0.05, 0) is 43.0 Å². The maximum absolute atomic E-state index is 13.8. The van der Waals surface area contributed by atoms with E-state index in [4.69, 9.17) is 9.47 Å². The van der Waals surface area contributed by atoms with Gasteiger partial charge in [-0.1, -0.05) is 24.3 Å². The molecule has 1 heterocycles. The molecule has 2 N–H and O–H groups in total. The molecule has 3 rings (SSSR count). The smallest absolute Gasteiger partial charge is 0.228 e. The van der Waals surface area contributed by atoms with Crippen molar-refractivity contribution in [2.45, 2.75) is 38.4 Å². The zero-order chi connectivity index (χ0) is 19.1. The highest BCUT2D eigenvalue weighted by Crippen LogP contribution is 2.20. The van der Waals surface area contributed by atoms with Crippen molar-refractivity contribution in [3.8, 4) is 5.75 Å². The Kier molecular flexibility index (Phi) is 6.79. The number of nitrogens with one attached hydrogen (secondary N) is 1. The van der Waals surface area contributed by atoms with Crippen molar-refractivity contribution in [1.29, 1.82) is 0 Å². The molecule has 1 amide bonds. The summed E-state index contributed by atoms with van der Waals surface area (Å²) >= 11 is 0. The standard InChI is InChI=1S/C21H24FNO4/c22-21-16(6-4-9-19(21)24)12-20(25)23-17-7-3-5-15(11-17)13-26-14-18-8-1-2-10-27-18/h3-7,9,11,18,24H,1-2,8,10,12-14H2,(H,23,25)/t18-/m1/s1. The molecule has 0 aromatic heterocycles. The van der Waals surface area contributed by atoms with E-state index in [-0.39, 0.29) is 24.0 Å². The quantitative estimate of drug-likeness (QED) is 0.775.